The first-order valence-corrected chi connectivity index (χ1v) is 7.76. The largest absolute Gasteiger partial charge is 0.418 e. The van der Waals surface area contributed by atoms with Crippen LogP contribution in [0, 0.1) is 0 Å². The zero-order valence-electron chi connectivity index (χ0n) is 9.42. The molecule has 1 unspecified atom stereocenters. The minimum absolute atomic E-state index is 0.711. The lowest BCUT2D eigenvalue weighted by molar-refractivity contribution is 0.146. The van der Waals surface area contributed by atoms with Crippen LogP contribution in [0.25, 0.3) is 0 Å². The Hall–Kier alpha value is 0.0569. The van der Waals surface area contributed by atoms with Gasteiger partial charge in [-0.1, -0.05) is 0 Å². The molecular formula is C9H24N2O2Si. The fourth-order valence-corrected chi connectivity index (χ4v) is 2.60. The van der Waals surface area contributed by atoms with E-state index in [2.05, 4.69) is 11.9 Å². The van der Waals surface area contributed by atoms with E-state index < -0.39 is 9.04 Å². The number of nitrogens with one attached hydrogen (secondary N) is 1. The topological polar surface area (TPSA) is 56.5 Å². The molecule has 0 amide bonds. The van der Waals surface area contributed by atoms with Crippen LogP contribution < -0.4 is 11.1 Å². The summed E-state index contributed by atoms with van der Waals surface area (Å²) >= 11 is 0. The molecule has 0 spiro atoms. The molecule has 0 aromatic carbocycles. The monoisotopic (exact) mass is 220 g/mol. The molecule has 3 N–H and O–H groups in total. The third-order valence-corrected chi connectivity index (χ3v) is 4.00. The van der Waals surface area contributed by atoms with Crippen LogP contribution in [0.3, 0.4) is 0 Å². The Morgan fingerprint density at radius 2 is 2.07 bits per heavy atom. The van der Waals surface area contributed by atoms with Crippen molar-refractivity contribution in [2.24, 2.45) is 5.73 Å². The number of methoxy groups -OCH3 is 1. The van der Waals surface area contributed by atoms with Crippen molar-refractivity contribution >= 4 is 9.04 Å². The molecule has 0 saturated carbocycles. The van der Waals surface area contributed by atoms with E-state index in [0.29, 0.717) is 6.61 Å². The third-order valence-electron chi connectivity index (χ3n) is 1.98. The maximum Gasteiger partial charge on any atom is 0.174 e. The molecule has 5 heteroatoms. The molecule has 0 bridgehead atoms. The number of hydrogen-bond donors (Lipinski definition) is 2. The molecule has 0 rings (SSSR count). The van der Waals surface area contributed by atoms with Crippen molar-refractivity contribution in [3.63, 3.8) is 0 Å². The minimum atomic E-state index is -0.937. The molecule has 0 aliphatic rings. The van der Waals surface area contributed by atoms with Gasteiger partial charge in [0.25, 0.3) is 0 Å². The van der Waals surface area contributed by atoms with E-state index in [-0.39, 0.29) is 0 Å². The molecule has 0 aromatic rings. The van der Waals surface area contributed by atoms with E-state index in [1.807, 2.05) is 0 Å². The molecule has 4 nitrogen and oxygen atoms in total. The highest BCUT2D eigenvalue weighted by atomic mass is 28.3. The van der Waals surface area contributed by atoms with Gasteiger partial charge in [0.1, 0.15) is 0 Å². The average molecular weight is 220 g/mol. The second kappa shape index (κ2) is 11.1. The van der Waals surface area contributed by atoms with Crippen molar-refractivity contribution in [3.8, 4) is 0 Å². The van der Waals surface area contributed by atoms with E-state index >= 15 is 0 Å². The fourth-order valence-electron chi connectivity index (χ4n) is 1.16. The van der Waals surface area contributed by atoms with Crippen LogP contribution in [0.1, 0.15) is 6.42 Å². The van der Waals surface area contributed by atoms with Crippen LogP contribution in [0.4, 0.5) is 0 Å². The summed E-state index contributed by atoms with van der Waals surface area (Å²) in [7, 11) is 0.764. The highest BCUT2D eigenvalue weighted by molar-refractivity contribution is 6.50. The van der Waals surface area contributed by atoms with Crippen LogP contribution >= 0.6 is 0 Å². The first-order valence-electron chi connectivity index (χ1n) is 5.32. The molecular weight excluding hydrogens is 196 g/mol. The van der Waals surface area contributed by atoms with Gasteiger partial charge in [0, 0.05) is 20.2 Å². The summed E-state index contributed by atoms with van der Waals surface area (Å²) in [5.74, 6) is 0. The van der Waals surface area contributed by atoms with Crippen molar-refractivity contribution in [1.29, 1.82) is 0 Å². The maximum absolute atomic E-state index is 5.65. The summed E-state index contributed by atoms with van der Waals surface area (Å²) in [5.41, 5.74) is 5.36. The predicted molar refractivity (Wildman–Crippen MR) is 62.2 cm³/mol. The van der Waals surface area contributed by atoms with E-state index in [0.717, 1.165) is 26.2 Å². The Morgan fingerprint density at radius 3 is 2.71 bits per heavy atom. The Bertz CT molecular complexity index is 117. The van der Waals surface area contributed by atoms with E-state index in [1.165, 1.54) is 12.5 Å². The van der Waals surface area contributed by atoms with Gasteiger partial charge in [0.2, 0.25) is 0 Å². The molecule has 0 aliphatic carbocycles. The van der Waals surface area contributed by atoms with Gasteiger partial charge in [0.15, 0.2) is 9.04 Å². The molecule has 14 heavy (non-hydrogen) atoms. The summed E-state index contributed by atoms with van der Waals surface area (Å²) in [5, 5.41) is 3.27. The fraction of sp³-hybridized carbons (Fsp3) is 1.00. The first kappa shape index (κ1) is 14.1. The number of nitrogens with two attached hydrogens (primary N) is 1. The summed E-state index contributed by atoms with van der Waals surface area (Å²) in [4.78, 5) is 0. The molecule has 0 heterocycles. The molecule has 0 aromatic heterocycles. The van der Waals surface area contributed by atoms with Gasteiger partial charge in [-0.05, 0) is 25.6 Å². The second-order valence-electron chi connectivity index (χ2n) is 3.36. The van der Waals surface area contributed by atoms with Gasteiger partial charge >= 0.3 is 0 Å². The number of ether oxygens (including phenoxy) is 1. The van der Waals surface area contributed by atoms with Crippen molar-refractivity contribution in [2.75, 3.05) is 40.0 Å². The number of rotatable bonds is 10. The lowest BCUT2D eigenvalue weighted by Gasteiger charge is -2.11. The number of hydrogen-bond acceptors (Lipinski definition) is 4. The van der Waals surface area contributed by atoms with E-state index in [1.54, 1.807) is 7.11 Å². The van der Waals surface area contributed by atoms with Gasteiger partial charge in [-0.3, -0.25) is 0 Å². The summed E-state index contributed by atoms with van der Waals surface area (Å²) in [6.45, 7) is 6.39. The predicted octanol–water partition coefficient (Wildman–Crippen LogP) is -0.0586. The van der Waals surface area contributed by atoms with Crippen LogP contribution in [-0.2, 0) is 9.16 Å². The standard InChI is InChI=1S/C9H24N2O2Si/c1-12-7-8-13-14(2)9-3-5-11-6-4-10/h11,14H,3-10H2,1-2H3. The lowest BCUT2D eigenvalue weighted by Crippen LogP contribution is -2.25. The lowest BCUT2D eigenvalue weighted by atomic mass is 10.5. The normalized spacial score (nSPS) is 13.1. The second-order valence-corrected chi connectivity index (χ2v) is 5.89. The quantitative estimate of drug-likeness (QED) is 0.400. The van der Waals surface area contributed by atoms with Gasteiger partial charge < -0.3 is 20.2 Å². The Balaban J connectivity index is 3.06. The van der Waals surface area contributed by atoms with Crippen LogP contribution in [-0.4, -0.2) is 49.0 Å². The molecule has 86 valence electrons. The first-order chi connectivity index (χ1) is 6.81. The minimum Gasteiger partial charge on any atom is -0.418 e. The van der Waals surface area contributed by atoms with E-state index in [4.69, 9.17) is 14.9 Å². The van der Waals surface area contributed by atoms with Crippen LogP contribution in [0.15, 0.2) is 0 Å². The molecule has 0 saturated heterocycles. The molecule has 0 aliphatic heterocycles. The zero-order valence-corrected chi connectivity index (χ0v) is 10.6. The SMILES string of the molecule is COCCO[SiH](C)CCCNCCN. The van der Waals surface area contributed by atoms with Gasteiger partial charge in [-0.2, -0.15) is 0 Å². The third kappa shape index (κ3) is 10.1. The highest BCUT2D eigenvalue weighted by Crippen LogP contribution is 1.98. The van der Waals surface area contributed by atoms with Gasteiger partial charge in [-0.25, -0.2) is 0 Å². The molecule has 0 radical (unpaired) electrons. The van der Waals surface area contributed by atoms with E-state index in [9.17, 15) is 0 Å². The van der Waals surface area contributed by atoms with Crippen molar-refractivity contribution < 1.29 is 9.16 Å². The maximum atomic E-state index is 5.65. The van der Waals surface area contributed by atoms with Crippen LogP contribution in [0.5, 0.6) is 0 Å². The average Bonchev–Trinajstić information content (AvgIpc) is 2.18. The van der Waals surface area contributed by atoms with Crippen molar-refractivity contribution in [2.45, 2.75) is 19.0 Å². The summed E-state index contributed by atoms with van der Waals surface area (Å²) in [6.07, 6.45) is 1.19. The van der Waals surface area contributed by atoms with Gasteiger partial charge in [-0.15, -0.1) is 0 Å². The highest BCUT2D eigenvalue weighted by Gasteiger charge is 2.03. The van der Waals surface area contributed by atoms with Gasteiger partial charge in [0.05, 0.1) is 13.2 Å². The van der Waals surface area contributed by atoms with Crippen molar-refractivity contribution in [3.05, 3.63) is 0 Å². The zero-order chi connectivity index (χ0) is 10.6. The Kier molecular flexibility index (Phi) is 11.2. The summed E-state index contributed by atoms with van der Waals surface area (Å²) in [6, 6.07) is 1.22. The summed E-state index contributed by atoms with van der Waals surface area (Å²) < 4.78 is 10.6. The Morgan fingerprint density at radius 1 is 1.29 bits per heavy atom. The molecule has 1 atom stereocenters. The van der Waals surface area contributed by atoms with Crippen molar-refractivity contribution in [1.82, 2.24) is 5.32 Å². The smallest absolute Gasteiger partial charge is 0.174 e. The molecule has 0 fully saturated rings. The Labute approximate surface area is 88.9 Å². The van der Waals surface area contributed by atoms with Crippen LogP contribution in [0.2, 0.25) is 12.6 Å².